The topological polar surface area (TPSA) is 86.0 Å². The Bertz CT molecular complexity index is 1070. The lowest BCUT2D eigenvalue weighted by molar-refractivity contribution is -0.469. The molecule has 0 bridgehead atoms. The summed E-state index contributed by atoms with van der Waals surface area (Å²) in [5.41, 5.74) is 2.27. The van der Waals surface area contributed by atoms with E-state index in [0.29, 0.717) is 17.2 Å². The van der Waals surface area contributed by atoms with Gasteiger partial charge in [0.1, 0.15) is 0 Å². The first-order chi connectivity index (χ1) is 15.3. The Morgan fingerprint density at radius 1 is 1.22 bits per heavy atom. The van der Waals surface area contributed by atoms with Gasteiger partial charge in [0, 0.05) is 11.1 Å². The van der Waals surface area contributed by atoms with E-state index >= 15 is 0 Å². The first-order valence-electron chi connectivity index (χ1n) is 9.89. The quantitative estimate of drug-likeness (QED) is 0.218. The van der Waals surface area contributed by atoms with Gasteiger partial charge >= 0.3 is 5.96 Å². The van der Waals surface area contributed by atoms with Gasteiger partial charge in [0.2, 0.25) is 5.82 Å². The van der Waals surface area contributed by atoms with E-state index in [4.69, 9.17) is 0 Å². The molecule has 32 heavy (non-hydrogen) atoms. The van der Waals surface area contributed by atoms with Crippen molar-refractivity contribution in [1.82, 2.24) is 19.9 Å². The van der Waals surface area contributed by atoms with Crippen molar-refractivity contribution in [1.29, 1.82) is 0 Å². The summed E-state index contributed by atoms with van der Waals surface area (Å²) in [7, 11) is 7.62. The highest BCUT2D eigenvalue weighted by Gasteiger charge is 2.23. The van der Waals surface area contributed by atoms with Crippen molar-refractivity contribution in [2.45, 2.75) is 11.8 Å². The van der Waals surface area contributed by atoms with Crippen LogP contribution in [0.25, 0.3) is 5.57 Å². The zero-order valence-electron chi connectivity index (χ0n) is 19.4. The van der Waals surface area contributed by atoms with E-state index < -0.39 is 0 Å². The molecule has 0 aliphatic rings. The van der Waals surface area contributed by atoms with Crippen LogP contribution in [0.2, 0.25) is 0 Å². The highest BCUT2D eigenvalue weighted by Crippen LogP contribution is 2.25. The average molecular weight is 453 g/mol. The number of guanidine groups is 1. The number of carbonyl (C=O) groups excluding carboxylic acids is 1. The maximum atomic E-state index is 13.3. The molecule has 0 saturated heterocycles. The molecule has 0 atom stereocenters. The SMILES string of the molecule is C=C/C=C\C=C(/C)c1cnc(NC(N(C)C)=[N+](C)C)c(C(=O)Nc2cnccc2SC)n1. The summed E-state index contributed by atoms with van der Waals surface area (Å²) < 4.78 is 1.90. The highest BCUT2D eigenvalue weighted by molar-refractivity contribution is 7.98. The molecule has 2 aromatic heterocycles. The number of allylic oxidation sites excluding steroid dienone is 5. The third-order valence-electron chi connectivity index (χ3n) is 4.31. The fourth-order valence-electron chi connectivity index (χ4n) is 2.76. The first-order valence-corrected chi connectivity index (χ1v) is 11.1. The van der Waals surface area contributed by atoms with E-state index in [-0.39, 0.29) is 11.6 Å². The van der Waals surface area contributed by atoms with Gasteiger partial charge in [0.15, 0.2) is 5.69 Å². The first kappa shape index (κ1) is 24.8. The van der Waals surface area contributed by atoms with Crippen LogP contribution >= 0.6 is 11.8 Å². The van der Waals surface area contributed by atoms with E-state index in [0.717, 1.165) is 16.4 Å². The maximum absolute atomic E-state index is 13.3. The zero-order valence-corrected chi connectivity index (χ0v) is 20.2. The van der Waals surface area contributed by atoms with Crippen LogP contribution in [-0.4, -0.2) is 70.7 Å². The van der Waals surface area contributed by atoms with Crippen LogP contribution in [0.15, 0.2) is 60.4 Å². The molecule has 0 aliphatic carbocycles. The smallest absolute Gasteiger partial charge is 0.318 e. The van der Waals surface area contributed by atoms with Crippen molar-refractivity contribution >= 4 is 40.7 Å². The van der Waals surface area contributed by atoms with E-state index in [2.05, 4.69) is 32.2 Å². The number of aromatic nitrogens is 3. The molecule has 9 heteroatoms. The molecule has 0 aliphatic heterocycles. The van der Waals surface area contributed by atoms with Gasteiger partial charge in [-0.25, -0.2) is 15.3 Å². The van der Waals surface area contributed by atoms with Crippen molar-refractivity contribution in [2.75, 3.05) is 45.1 Å². The number of nitrogens with one attached hydrogen (secondary N) is 2. The second kappa shape index (κ2) is 11.8. The van der Waals surface area contributed by atoms with Gasteiger partial charge in [-0.05, 0) is 24.8 Å². The van der Waals surface area contributed by atoms with Crippen LogP contribution in [0.3, 0.4) is 0 Å². The van der Waals surface area contributed by atoms with E-state index in [1.807, 2.05) is 75.1 Å². The standard InChI is InChI=1S/C23H29N7OS/c1-8-9-10-11-16(2)17-15-25-21(28-23(29(3)4)30(5)6)20(26-17)22(31)27-18-14-24-13-12-19(18)32-7/h8-15H,1H2,2-7H3,(H,27,31)/p+1/b10-9-,16-11+. The molecule has 0 unspecified atom stereocenters. The van der Waals surface area contributed by atoms with Crippen molar-refractivity contribution in [3.8, 4) is 0 Å². The molecule has 2 aromatic rings. The number of anilines is 2. The summed E-state index contributed by atoms with van der Waals surface area (Å²) in [6.45, 7) is 5.58. The van der Waals surface area contributed by atoms with Crippen molar-refractivity contribution in [3.05, 3.63) is 66.9 Å². The van der Waals surface area contributed by atoms with Gasteiger partial charge < -0.3 is 5.32 Å². The Labute approximate surface area is 193 Å². The number of amides is 1. The minimum Gasteiger partial charge on any atom is -0.318 e. The van der Waals surface area contributed by atoms with Crippen LogP contribution < -0.4 is 10.6 Å². The van der Waals surface area contributed by atoms with Crippen molar-refractivity contribution in [3.63, 3.8) is 0 Å². The summed E-state index contributed by atoms with van der Waals surface area (Å²) >= 11 is 1.53. The molecular formula is C23H30N7OS+. The van der Waals surface area contributed by atoms with Crippen molar-refractivity contribution in [2.24, 2.45) is 0 Å². The fourth-order valence-corrected chi connectivity index (χ4v) is 3.28. The molecule has 0 radical (unpaired) electrons. The minimum atomic E-state index is -0.378. The van der Waals surface area contributed by atoms with Gasteiger partial charge in [-0.1, -0.05) is 30.9 Å². The molecule has 0 aromatic carbocycles. The molecule has 2 rings (SSSR count). The molecule has 2 N–H and O–H groups in total. The van der Waals surface area contributed by atoms with Crippen LogP contribution in [0.1, 0.15) is 23.1 Å². The van der Waals surface area contributed by atoms with Gasteiger partial charge in [0.25, 0.3) is 5.91 Å². The number of rotatable bonds is 7. The molecule has 8 nitrogen and oxygen atoms in total. The molecule has 1 amide bonds. The van der Waals surface area contributed by atoms with Crippen LogP contribution in [0.5, 0.6) is 0 Å². The van der Waals surface area contributed by atoms with E-state index in [9.17, 15) is 4.79 Å². The minimum absolute atomic E-state index is 0.181. The lowest BCUT2D eigenvalue weighted by atomic mass is 10.2. The molecule has 0 spiro atoms. The number of thioether (sulfide) groups is 1. The normalized spacial score (nSPS) is 11.2. The predicted octanol–water partition coefficient (Wildman–Crippen LogP) is 3.59. The second-order valence-corrected chi connectivity index (χ2v) is 8.04. The second-order valence-electron chi connectivity index (χ2n) is 7.19. The molecule has 2 heterocycles. The molecular weight excluding hydrogens is 422 g/mol. The zero-order chi connectivity index (χ0) is 23.7. The van der Waals surface area contributed by atoms with Crippen LogP contribution in [0, 0.1) is 0 Å². The predicted molar refractivity (Wildman–Crippen MR) is 133 cm³/mol. The third-order valence-corrected chi connectivity index (χ3v) is 5.11. The monoisotopic (exact) mass is 452 g/mol. The van der Waals surface area contributed by atoms with Gasteiger partial charge in [-0.15, -0.1) is 11.8 Å². The van der Waals surface area contributed by atoms with Gasteiger partial charge in [0.05, 0.1) is 52.0 Å². The van der Waals surface area contributed by atoms with E-state index in [1.54, 1.807) is 24.7 Å². The third kappa shape index (κ3) is 6.52. The number of carbonyl (C=O) groups is 1. The lowest BCUT2D eigenvalue weighted by Gasteiger charge is -2.15. The molecule has 168 valence electrons. The summed E-state index contributed by atoms with van der Waals surface area (Å²) in [5, 5.41) is 6.15. The Hall–Kier alpha value is -3.46. The van der Waals surface area contributed by atoms with Crippen molar-refractivity contribution < 1.29 is 9.37 Å². The Morgan fingerprint density at radius 2 is 1.97 bits per heavy atom. The van der Waals surface area contributed by atoms with Gasteiger partial charge in [-0.3, -0.25) is 19.3 Å². The summed E-state index contributed by atoms with van der Waals surface area (Å²) in [6, 6.07) is 1.85. The number of pyridine rings is 1. The van der Waals surface area contributed by atoms with Crippen LogP contribution in [0.4, 0.5) is 11.5 Å². The Kier molecular flexibility index (Phi) is 9.15. The molecule has 0 fully saturated rings. The largest absolute Gasteiger partial charge is 0.353 e. The number of nitrogens with zero attached hydrogens (tertiary/aromatic N) is 5. The average Bonchev–Trinajstić information content (AvgIpc) is 2.77. The van der Waals surface area contributed by atoms with E-state index in [1.165, 1.54) is 11.8 Å². The van der Waals surface area contributed by atoms with Crippen LogP contribution in [-0.2, 0) is 0 Å². The summed E-state index contributed by atoms with van der Waals surface area (Å²) in [4.78, 5) is 29.4. The number of hydrogen-bond acceptors (Lipinski definition) is 5. The van der Waals surface area contributed by atoms with Gasteiger partial charge in [-0.2, -0.15) is 0 Å². The summed E-state index contributed by atoms with van der Waals surface area (Å²) in [5.74, 6) is 0.734. The highest BCUT2D eigenvalue weighted by atomic mass is 32.2. The summed E-state index contributed by atoms with van der Waals surface area (Å²) in [6.07, 6.45) is 14.2. The fraction of sp³-hybridized carbons (Fsp3) is 0.261. The molecule has 0 saturated carbocycles. The Balaban J connectivity index is 2.53. The lowest BCUT2D eigenvalue weighted by Crippen LogP contribution is -2.37. The maximum Gasteiger partial charge on any atom is 0.353 e. The Morgan fingerprint density at radius 3 is 2.59 bits per heavy atom. The number of hydrogen-bond donors (Lipinski definition) is 2.